The standard InChI is InChI=1S/C26H30N2O5S/c1-17-27-13-14-28(17)34(31,32)16-20-8-6-7-19(24(20)18-11-12-18)15-22-25(29)21-9-4-2-3-5-10-23(21)33-26(22)30/h6-8,13-14,18,29H,2-5,9-12,15-16H2,1H3. The van der Waals surface area contributed by atoms with Crippen molar-refractivity contribution in [1.82, 2.24) is 8.96 Å². The minimum atomic E-state index is -3.63. The smallest absolute Gasteiger partial charge is 0.343 e. The molecule has 2 aliphatic carbocycles. The Balaban J connectivity index is 1.53. The number of rotatable bonds is 6. The second-order valence-corrected chi connectivity index (χ2v) is 11.3. The monoisotopic (exact) mass is 482 g/mol. The summed E-state index contributed by atoms with van der Waals surface area (Å²) in [7, 11) is -3.63. The number of fused-ring (bicyclic) bond motifs is 1. The molecule has 0 radical (unpaired) electrons. The van der Waals surface area contributed by atoms with Gasteiger partial charge in [0.15, 0.2) is 0 Å². The van der Waals surface area contributed by atoms with Gasteiger partial charge in [0, 0.05) is 30.8 Å². The topological polar surface area (TPSA) is 102 Å². The molecule has 3 aromatic rings. The van der Waals surface area contributed by atoms with Gasteiger partial charge in [-0.2, -0.15) is 0 Å². The number of hydrogen-bond donors (Lipinski definition) is 1. The quantitative estimate of drug-likeness (QED) is 0.560. The van der Waals surface area contributed by atoms with Crippen LogP contribution in [0.25, 0.3) is 0 Å². The molecule has 0 atom stereocenters. The Bertz CT molecular complexity index is 1380. The van der Waals surface area contributed by atoms with Gasteiger partial charge in [-0.3, -0.25) is 0 Å². The third-order valence-corrected chi connectivity index (χ3v) is 8.67. The molecule has 1 saturated carbocycles. The van der Waals surface area contributed by atoms with E-state index in [0.717, 1.165) is 60.8 Å². The van der Waals surface area contributed by atoms with Gasteiger partial charge in [-0.1, -0.05) is 31.0 Å². The fourth-order valence-electron chi connectivity index (χ4n) is 5.16. The highest BCUT2D eigenvalue weighted by atomic mass is 32.2. The van der Waals surface area contributed by atoms with Crippen LogP contribution in [0.15, 0.2) is 39.8 Å². The highest BCUT2D eigenvalue weighted by Crippen LogP contribution is 2.44. The number of aromatic hydroxyl groups is 1. The van der Waals surface area contributed by atoms with Crippen molar-refractivity contribution >= 4 is 10.0 Å². The van der Waals surface area contributed by atoms with E-state index in [9.17, 15) is 18.3 Å². The molecule has 0 unspecified atom stereocenters. The normalized spacial score (nSPS) is 16.6. The summed E-state index contributed by atoms with van der Waals surface area (Å²) < 4.78 is 33.1. The molecule has 2 aromatic heterocycles. The molecule has 2 heterocycles. The lowest BCUT2D eigenvalue weighted by molar-refractivity contribution is 0.390. The van der Waals surface area contributed by atoms with Gasteiger partial charge in [0.05, 0.1) is 11.3 Å². The zero-order valence-corrected chi connectivity index (χ0v) is 20.2. The second kappa shape index (κ2) is 9.06. The molecule has 180 valence electrons. The van der Waals surface area contributed by atoms with Gasteiger partial charge < -0.3 is 9.52 Å². The molecule has 1 fully saturated rings. The maximum atomic E-state index is 13.1. The maximum absolute atomic E-state index is 13.1. The lowest BCUT2D eigenvalue weighted by Gasteiger charge is -2.18. The molecule has 8 heteroatoms. The number of hydrogen-bond acceptors (Lipinski definition) is 6. The van der Waals surface area contributed by atoms with Crippen LogP contribution >= 0.6 is 0 Å². The van der Waals surface area contributed by atoms with Crippen molar-refractivity contribution in [2.24, 2.45) is 0 Å². The molecule has 2 aliphatic rings. The molecule has 1 aromatic carbocycles. The molecule has 5 rings (SSSR count). The summed E-state index contributed by atoms with van der Waals surface area (Å²) in [6, 6.07) is 5.62. The van der Waals surface area contributed by atoms with Crippen molar-refractivity contribution in [1.29, 1.82) is 0 Å². The Kier molecular flexibility index (Phi) is 6.10. The van der Waals surface area contributed by atoms with Crippen LogP contribution in [0, 0.1) is 6.92 Å². The molecular weight excluding hydrogens is 452 g/mol. The SMILES string of the molecule is Cc1nccn1S(=O)(=O)Cc1cccc(Cc2c(O)c3c(oc2=O)CCCCCC3)c1C1CC1. The number of aryl methyl sites for hydroxylation is 2. The summed E-state index contributed by atoms with van der Waals surface area (Å²) >= 11 is 0. The Labute approximate surface area is 199 Å². The summed E-state index contributed by atoms with van der Waals surface area (Å²) in [6.07, 6.45) is 10.6. The molecule has 0 bridgehead atoms. The average molecular weight is 483 g/mol. The second-order valence-electron chi connectivity index (χ2n) is 9.50. The summed E-state index contributed by atoms with van der Waals surface area (Å²) in [6.45, 7) is 1.66. The third-order valence-electron chi connectivity index (χ3n) is 7.01. The number of aromatic nitrogens is 2. The van der Waals surface area contributed by atoms with Crippen LogP contribution in [0.3, 0.4) is 0 Å². The van der Waals surface area contributed by atoms with E-state index in [-0.39, 0.29) is 29.4 Å². The molecule has 0 amide bonds. The minimum Gasteiger partial charge on any atom is -0.507 e. The minimum absolute atomic E-state index is 0.0574. The Morgan fingerprint density at radius 3 is 2.56 bits per heavy atom. The van der Waals surface area contributed by atoms with Crippen molar-refractivity contribution in [2.75, 3.05) is 0 Å². The zero-order chi connectivity index (χ0) is 23.9. The average Bonchev–Trinajstić information content (AvgIpc) is 3.51. The molecule has 0 aliphatic heterocycles. The van der Waals surface area contributed by atoms with E-state index in [1.807, 2.05) is 18.2 Å². The molecule has 0 saturated heterocycles. The van der Waals surface area contributed by atoms with Crippen molar-refractivity contribution in [3.63, 3.8) is 0 Å². The van der Waals surface area contributed by atoms with Gasteiger partial charge in [0.2, 0.25) is 10.0 Å². The van der Waals surface area contributed by atoms with Crippen LogP contribution in [0.5, 0.6) is 5.75 Å². The van der Waals surface area contributed by atoms with Crippen molar-refractivity contribution < 1.29 is 17.9 Å². The van der Waals surface area contributed by atoms with Crippen molar-refractivity contribution in [3.8, 4) is 5.75 Å². The van der Waals surface area contributed by atoms with E-state index in [1.54, 1.807) is 6.92 Å². The third kappa shape index (κ3) is 4.43. The van der Waals surface area contributed by atoms with E-state index >= 15 is 0 Å². The zero-order valence-electron chi connectivity index (χ0n) is 19.4. The van der Waals surface area contributed by atoms with E-state index in [0.29, 0.717) is 24.4 Å². The van der Waals surface area contributed by atoms with Crippen LogP contribution < -0.4 is 5.63 Å². The molecule has 0 spiro atoms. The van der Waals surface area contributed by atoms with Gasteiger partial charge in [-0.25, -0.2) is 22.2 Å². The highest BCUT2D eigenvalue weighted by Gasteiger charge is 2.31. The summed E-state index contributed by atoms with van der Waals surface area (Å²) in [5, 5.41) is 11.1. The van der Waals surface area contributed by atoms with Gasteiger partial charge in [-0.05, 0) is 61.6 Å². The van der Waals surface area contributed by atoms with Crippen molar-refractivity contribution in [2.45, 2.75) is 76.4 Å². The lowest BCUT2D eigenvalue weighted by Crippen LogP contribution is -2.18. The summed E-state index contributed by atoms with van der Waals surface area (Å²) in [4.78, 5) is 16.9. The van der Waals surface area contributed by atoms with E-state index in [1.165, 1.54) is 16.4 Å². The summed E-state index contributed by atoms with van der Waals surface area (Å²) in [5.74, 6) is 1.22. The summed E-state index contributed by atoms with van der Waals surface area (Å²) in [5.41, 5.74) is 3.14. The van der Waals surface area contributed by atoms with E-state index in [4.69, 9.17) is 4.42 Å². The van der Waals surface area contributed by atoms with Crippen LogP contribution in [-0.4, -0.2) is 22.5 Å². The van der Waals surface area contributed by atoms with Crippen LogP contribution in [0.4, 0.5) is 0 Å². The van der Waals surface area contributed by atoms with E-state index in [2.05, 4.69) is 4.98 Å². The Morgan fingerprint density at radius 2 is 1.85 bits per heavy atom. The van der Waals surface area contributed by atoms with Gasteiger partial charge in [0.25, 0.3) is 0 Å². The highest BCUT2D eigenvalue weighted by molar-refractivity contribution is 7.89. The van der Waals surface area contributed by atoms with Crippen LogP contribution in [-0.2, 0) is 35.0 Å². The first-order valence-corrected chi connectivity index (χ1v) is 13.7. The van der Waals surface area contributed by atoms with E-state index < -0.39 is 15.6 Å². The predicted molar refractivity (Wildman–Crippen MR) is 129 cm³/mol. The number of imidazole rings is 1. The molecular formula is C26H30N2O5S. The van der Waals surface area contributed by atoms with Crippen LogP contribution in [0.1, 0.15) is 83.8 Å². The fraction of sp³-hybridized carbons (Fsp3) is 0.462. The van der Waals surface area contributed by atoms with Crippen LogP contribution in [0.2, 0.25) is 0 Å². The Morgan fingerprint density at radius 1 is 1.12 bits per heavy atom. The van der Waals surface area contributed by atoms with Crippen molar-refractivity contribution in [3.05, 3.63) is 80.4 Å². The van der Waals surface area contributed by atoms with Gasteiger partial charge in [0.1, 0.15) is 17.3 Å². The number of benzene rings is 1. The van der Waals surface area contributed by atoms with Gasteiger partial charge >= 0.3 is 5.63 Å². The molecule has 7 nitrogen and oxygen atoms in total. The van der Waals surface area contributed by atoms with Gasteiger partial charge in [-0.15, -0.1) is 0 Å². The lowest BCUT2D eigenvalue weighted by atomic mass is 9.91. The molecule has 34 heavy (non-hydrogen) atoms. The Hall–Kier alpha value is -2.87. The fourth-order valence-corrected chi connectivity index (χ4v) is 6.64. The largest absolute Gasteiger partial charge is 0.507 e. The maximum Gasteiger partial charge on any atom is 0.343 e. The first kappa shape index (κ1) is 22.9. The first-order valence-electron chi connectivity index (χ1n) is 12.1. The molecule has 1 N–H and O–H groups in total. The predicted octanol–water partition coefficient (Wildman–Crippen LogP) is 4.36. The first-order chi connectivity index (χ1) is 16.3. The number of nitrogens with zero attached hydrogens (tertiary/aromatic N) is 2.